The SMILES string of the molecule is Cc1c(-c2ccccc2)nc([AsH2])nc1N1C[C@H]2CCCN[C@H]2C1.Cl.Cl. The van der Waals surface area contributed by atoms with E-state index in [0.29, 0.717) is 6.04 Å². The van der Waals surface area contributed by atoms with Gasteiger partial charge in [-0.2, -0.15) is 0 Å². The molecule has 0 spiro atoms. The van der Waals surface area contributed by atoms with Crippen LogP contribution in [0.1, 0.15) is 18.4 Å². The van der Waals surface area contributed by atoms with Crippen LogP contribution in [-0.2, 0) is 0 Å². The number of nitrogens with zero attached hydrogens (tertiary/aromatic N) is 3. The van der Waals surface area contributed by atoms with Gasteiger partial charge in [-0.25, -0.2) is 0 Å². The number of anilines is 1. The molecule has 1 aromatic heterocycles. The number of rotatable bonds is 2. The van der Waals surface area contributed by atoms with Gasteiger partial charge in [0.05, 0.1) is 0 Å². The molecule has 1 unspecified atom stereocenters. The molecule has 4 nitrogen and oxygen atoms in total. The molecule has 2 aromatic rings. The summed E-state index contributed by atoms with van der Waals surface area (Å²) in [6.45, 7) is 5.52. The van der Waals surface area contributed by atoms with Gasteiger partial charge in [0.2, 0.25) is 0 Å². The van der Waals surface area contributed by atoms with Gasteiger partial charge in [-0.3, -0.25) is 0 Å². The molecule has 2 fully saturated rings. The van der Waals surface area contributed by atoms with Crippen LogP contribution in [-0.4, -0.2) is 52.5 Å². The van der Waals surface area contributed by atoms with Crippen molar-refractivity contribution in [3.63, 3.8) is 0 Å². The minimum atomic E-state index is 0. The van der Waals surface area contributed by atoms with Crippen molar-refractivity contribution in [1.29, 1.82) is 0 Å². The quantitative estimate of drug-likeness (QED) is 0.719. The molecule has 3 heterocycles. The van der Waals surface area contributed by atoms with Gasteiger partial charge in [-0.05, 0) is 0 Å². The molecule has 0 bridgehead atoms. The third kappa shape index (κ3) is 4.14. The Kier molecular flexibility index (Phi) is 7.16. The monoisotopic (exact) mass is 442 g/mol. The second-order valence-corrected chi connectivity index (χ2v) is 7.70. The van der Waals surface area contributed by atoms with Gasteiger partial charge in [0.1, 0.15) is 0 Å². The molecule has 0 aliphatic carbocycles. The van der Waals surface area contributed by atoms with Crippen molar-refractivity contribution in [2.24, 2.45) is 5.92 Å². The first kappa shape index (κ1) is 20.5. The maximum atomic E-state index is 4.81. The molecule has 4 rings (SSSR count). The zero-order valence-electron chi connectivity index (χ0n) is 14.3. The number of nitrogens with one attached hydrogen (secondary N) is 1. The van der Waals surface area contributed by atoms with Crippen molar-refractivity contribution in [1.82, 2.24) is 15.3 Å². The van der Waals surface area contributed by atoms with Gasteiger partial charge in [-0.1, -0.05) is 0 Å². The Labute approximate surface area is 170 Å². The molecular formula is C18H25AsCl2N4. The van der Waals surface area contributed by atoms with Crippen LogP contribution in [0.3, 0.4) is 0 Å². The Morgan fingerprint density at radius 3 is 2.60 bits per heavy atom. The van der Waals surface area contributed by atoms with Crippen LogP contribution in [0.15, 0.2) is 30.3 Å². The Bertz CT molecular complexity index is 700. The van der Waals surface area contributed by atoms with Gasteiger partial charge < -0.3 is 0 Å². The minimum absolute atomic E-state index is 0. The molecule has 1 aromatic carbocycles. The van der Waals surface area contributed by atoms with Crippen molar-refractivity contribution < 1.29 is 0 Å². The van der Waals surface area contributed by atoms with Crippen molar-refractivity contribution >= 4 is 52.1 Å². The second kappa shape index (κ2) is 8.72. The zero-order valence-corrected chi connectivity index (χ0v) is 18.4. The third-order valence-electron chi connectivity index (χ3n) is 5.08. The van der Waals surface area contributed by atoms with Gasteiger partial charge >= 0.3 is 146 Å². The van der Waals surface area contributed by atoms with E-state index < -0.39 is 0 Å². The van der Waals surface area contributed by atoms with E-state index in [1.165, 1.54) is 40.8 Å². The van der Waals surface area contributed by atoms with E-state index in [1.54, 1.807) is 0 Å². The van der Waals surface area contributed by atoms with Crippen LogP contribution in [0, 0.1) is 12.8 Å². The smallest absolute Gasteiger partial charge is 0.147 e. The van der Waals surface area contributed by atoms with Crippen LogP contribution in [0.2, 0.25) is 0 Å². The van der Waals surface area contributed by atoms with Gasteiger partial charge in [-0.15, -0.1) is 24.8 Å². The Hall–Kier alpha value is -0.802. The summed E-state index contributed by atoms with van der Waals surface area (Å²) in [5.41, 5.74) is 3.47. The topological polar surface area (TPSA) is 41.1 Å². The first-order chi connectivity index (χ1) is 11.2. The van der Waals surface area contributed by atoms with Gasteiger partial charge in [0.15, 0.2) is 0 Å². The molecule has 0 radical (unpaired) electrons. The zero-order chi connectivity index (χ0) is 15.8. The fourth-order valence-electron chi connectivity index (χ4n) is 3.93. The number of hydrogen-bond acceptors (Lipinski definition) is 4. The molecule has 136 valence electrons. The number of benzene rings is 1. The van der Waals surface area contributed by atoms with Crippen LogP contribution < -0.4 is 14.8 Å². The Morgan fingerprint density at radius 1 is 1.12 bits per heavy atom. The molecule has 2 saturated heterocycles. The van der Waals surface area contributed by atoms with Crippen LogP contribution in [0.5, 0.6) is 0 Å². The van der Waals surface area contributed by atoms with E-state index in [4.69, 9.17) is 9.97 Å². The van der Waals surface area contributed by atoms with E-state index >= 15 is 0 Å². The van der Waals surface area contributed by atoms with Crippen molar-refractivity contribution in [2.45, 2.75) is 25.8 Å². The Balaban J connectivity index is 0.00000113. The fourth-order valence-corrected chi connectivity index (χ4v) is 4.45. The maximum absolute atomic E-state index is 4.81. The maximum Gasteiger partial charge on any atom is -0.147 e. The molecule has 7 heteroatoms. The van der Waals surface area contributed by atoms with Crippen LogP contribution >= 0.6 is 24.8 Å². The molecule has 2 aliphatic heterocycles. The molecule has 3 atom stereocenters. The van der Waals surface area contributed by atoms with Gasteiger partial charge in [0, 0.05) is 0 Å². The summed E-state index contributed by atoms with van der Waals surface area (Å²) >= 11 is 1.49. The largest absolute Gasteiger partial charge is 0.147 e. The predicted molar refractivity (Wildman–Crippen MR) is 112 cm³/mol. The number of hydrogen-bond donors (Lipinski definition) is 1. The first-order valence-corrected chi connectivity index (χ1v) is 9.61. The average molecular weight is 443 g/mol. The summed E-state index contributed by atoms with van der Waals surface area (Å²) < 4.78 is 0.916. The summed E-state index contributed by atoms with van der Waals surface area (Å²) in [6, 6.07) is 11.1. The van der Waals surface area contributed by atoms with E-state index in [0.717, 1.165) is 41.7 Å². The minimum Gasteiger partial charge on any atom is -0.147 e. The third-order valence-corrected chi connectivity index (χ3v) is 5.63. The van der Waals surface area contributed by atoms with E-state index in [1.807, 2.05) is 0 Å². The van der Waals surface area contributed by atoms with Gasteiger partial charge in [0.25, 0.3) is 0 Å². The summed E-state index contributed by atoms with van der Waals surface area (Å²) in [6.07, 6.45) is 2.64. The van der Waals surface area contributed by atoms with E-state index in [-0.39, 0.29) is 24.8 Å². The second-order valence-electron chi connectivity index (χ2n) is 6.61. The van der Waals surface area contributed by atoms with E-state index in [9.17, 15) is 0 Å². The van der Waals surface area contributed by atoms with Crippen molar-refractivity contribution in [3.8, 4) is 11.3 Å². The number of fused-ring (bicyclic) bond motifs is 1. The first-order valence-electron chi connectivity index (χ1n) is 8.40. The van der Waals surface area contributed by atoms with Crippen molar-refractivity contribution in [3.05, 3.63) is 35.9 Å². The van der Waals surface area contributed by atoms with Crippen molar-refractivity contribution in [2.75, 3.05) is 24.5 Å². The molecule has 25 heavy (non-hydrogen) atoms. The predicted octanol–water partition coefficient (Wildman–Crippen LogP) is 1.74. The summed E-state index contributed by atoms with van der Waals surface area (Å²) in [5, 5.41) is 3.68. The summed E-state index contributed by atoms with van der Waals surface area (Å²) in [4.78, 5) is 12.0. The molecule has 0 saturated carbocycles. The number of aromatic nitrogens is 2. The molecular weight excluding hydrogens is 418 g/mol. The molecule has 1 N–H and O–H groups in total. The van der Waals surface area contributed by atoms with Crippen LogP contribution in [0.25, 0.3) is 11.3 Å². The molecule has 0 amide bonds. The normalized spacial score (nSPS) is 21.9. The molecule has 2 aliphatic rings. The summed E-state index contributed by atoms with van der Waals surface area (Å²) in [5.74, 6) is 1.90. The number of halogens is 2. The summed E-state index contributed by atoms with van der Waals surface area (Å²) in [7, 11) is 0. The Morgan fingerprint density at radius 2 is 1.88 bits per heavy atom. The number of piperidine rings is 1. The average Bonchev–Trinajstić information content (AvgIpc) is 3.01. The fraction of sp³-hybridized carbons (Fsp3) is 0.444. The standard InChI is InChI=1S/C18H23AsN4.2ClH/c1-12-16(13-6-3-2-4-7-13)21-18(19)22-17(12)23-10-14-8-5-9-20-15(14)11-23;;/h2-4,6-7,14-15,20H,5,8-11,19H2,1H3;2*1H/t14-,15+;;/m1../s1. The van der Waals surface area contributed by atoms with Crippen LogP contribution in [0.4, 0.5) is 5.82 Å². The van der Waals surface area contributed by atoms with E-state index in [2.05, 4.69) is 47.5 Å².